The smallest absolute Gasteiger partial charge is 0.226 e. The standard InChI is InChI=1S/C24H42N2O4/c1-15(2)23(29)21(14-25)26-24(30)20(16(3)27)13-22(28)19-11-7-10-18(12-19)17-8-5-4-6-9-17/h15-21,27H,4-14,25H2,1-3H3,(H,26,30)/t16-,18+,19+,20-,21-/m0/s1. The molecule has 2 aliphatic rings. The maximum Gasteiger partial charge on any atom is 0.226 e. The van der Waals surface area contributed by atoms with Gasteiger partial charge in [-0.1, -0.05) is 58.8 Å². The van der Waals surface area contributed by atoms with Crippen LogP contribution >= 0.6 is 0 Å². The summed E-state index contributed by atoms with van der Waals surface area (Å²) in [6, 6.07) is -0.779. The number of carbonyl (C=O) groups is 3. The van der Waals surface area contributed by atoms with Gasteiger partial charge in [-0.25, -0.2) is 0 Å². The summed E-state index contributed by atoms with van der Waals surface area (Å²) in [6.45, 7) is 5.07. The van der Waals surface area contributed by atoms with Crippen LogP contribution in [0.15, 0.2) is 0 Å². The molecule has 6 heteroatoms. The molecule has 0 aliphatic heterocycles. The summed E-state index contributed by atoms with van der Waals surface area (Å²) < 4.78 is 0. The summed E-state index contributed by atoms with van der Waals surface area (Å²) in [7, 11) is 0. The van der Waals surface area contributed by atoms with Gasteiger partial charge in [0.1, 0.15) is 5.78 Å². The lowest BCUT2D eigenvalue weighted by Gasteiger charge is -2.36. The van der Waals surface area contributed by atoms with Crippen molar-refractivity contribution in [2.75, 3.05) is 6.54 Å². The van der Waals surface area contributed by atoms with Gasteiger partial charge < -0.3 is 16.2 Å². The Morgan fingerprint density at radius 2 is 1.60 bits per heavy atom. The quantitative estimate of drug-likeness (QED) is 0.501. The monoisotopic (exact) mass is 422 g/mol. The molecule has 2 saturated carbocycles. The number of hydrogen-bond donors (Lipinski definition) is 3. The van der Waals surface area contributed by atoms with Gasteiger partial charge >= 0.3 is 0 Å². The molecule has 172 valence electrons. The molecule has 0 aromatic heterocycles. The van der Waals surface area contributed by atoms with Gasteiger partial charge in [0.15, 0.2) is 5.78 Å². The molecule has 0 aromatic carbocycles. The number of amides is 1. The molecule has 0 heterocycles. The maximum atomic E-state index is 13.1. The second kappa shape index (κ2) is 11.9. The Kier molecular flexibility index (Phi) is 9.95. The third-order valence-electron chi connectivity index (χ3n) is 7.29. The number of nitrogens with two attached hydrogens (primary N) is 1. The third kappa shape index (κ3) is 6.88. The molecule has 2 aliphatic carbocycles. The highest BCUT2D eigenvalue weighted by Gasteiger charge is 2.36. The van der Waals surface area contributed by atoms with E-state index in [-0.39, 0.29) is 36.4 Å². The number of nitrogens with one attached hydrogen (secondary N) is 1. The van der Waals surface area contributed by atoms with Crippen molar-refractivity contribution in [1.29, 1.82) is 0 Å². The van der Waals surface area contributed by atoms with Gasteiger partial charge in [-0.15, -0.1) is 0 Å². The zero-order chi connectivity index (χ0) is 22.3. The molecule has 6 nitrogen and oxygen atoms in total. The fourth-order valence-corrected chi connectivity index (χ4v) is 5.35. The van der Waals surface area contributed by atoms with E-state index in [2.05, 4.69) is 5.32 Å². The molecule has 2 rings (SSSR count). The highest BCUT2D eigenvalue weighted by molar-refractivity contribution is 5.93. The fourth-order valence-electron chi connectivity index (χ4n) is 5.35. The Morgan fingerprint density at radius 1 is 0.967 bits per heavy atom. The Balaban J connectivity index is 1.96. The largest absolute Gasteiger partial charge is 0.393 e. The second-order valence-corrected chi connectivity index (χ2v) is 9.89. The van der Waals surface area contributed by atoms with Crippen LogP contribution in [0.5, 0.6) is 0 Å². The van der Waals surface area contributed by atoms with Crippen LogP contribution in [0.25, 0.3) is 0 Å². The van der Waals surface area contributed by atoms with Crippen LogP contribution in [0.2, 0.25) is 0 Å². The van der Waals surface area contributed by atoms with E-state index < -0.39 is 24.0 Å². The van der Waals surface area contributed by atoms with Crippen molar-refractivity contribution < 1.29 is 19.5 Å². The molecule has 0 bridgehead atoms. The molecule has 30 heavy (non-hydrogen) atoms. The summed E-state index contributed by atoms with van der Waals surface area (Å²) in [5.74, 6) is -0.245. The zero-order valence-corrected chi connectivity index (χ0v) is 19.1. The minimum atomic E-state index is -0.959. The van der Waals surface area contributed by atoms with Gasteiger partial charge in [-0.05, 0) is 31.6 Å². The van der Waals surface area contributed by atoms with E-state index in [0.29, 0.717) is 5.92 Å². The average molecular weight is 423 g/mol. The number of aliphatic hydroxyl groups excluding tert-OH is 1. The lowest BCUT2D eigenvalue weighted by atomic mass is 9.69. The minimum absolute atomic E-state index is 0.00885. The van der Waals surface area contributed by atoms with Crippen LogP contribution in [0.4, 0.5) is 0 Å². The number of rotatable bonds is 10. The van der Waals surface area contributed by atoms with Gasteiger partial charge in [0.25, 0.3) is 0 Å². The van der Waals surface area contributed by atoms with Crippen LogP contribution < -0.4 is 11.1 Å². The van der Waals surface area contributed by atoms with Crippen LogP contribution in [0.1, 0.15) is 85.0 Å². The molecule has 4 N–H and O–H groups in total. The van der Waals surface area contributed by atoms with Crippen LogP contribution in [0, 0.1) is 29.6 Å². The molecular formula is C24H42N2O4. The van der Waals surface area contributed by atoms with Crippen molar-refractivity contribution >= 4 is 17.5 Å². The maximum absolute atomic E-state index is 13.1. The molecule has 0 aromatic rings. The number of Topliss-reactive ketones (excluding diaryl/α,β-unsaturated/α-hetero) is 2. The Morgan fingerprint density at radius 3 is 2.17 bits per heavy atom. The molecule has 0 saturated heterocycles. The van der Waals surface area contributed by atoms with E-state index in [1.807, 2.05) is 0 Å². The molecule has 0 spiro atoms. The van der Waals surface area contributed by atoms with E-state index in [9.17, 15) is 19.5 Å². The van der Waals surface area contributed by atoms with E-state index in [1.165, 1.54) is 45.4 Å². The zero-order valence-electron chi connectivity index (χ0n) is 19.1. The highest BCUT2D eigenvalue weighted by atomic mass is 16.3. The first kappa shape index (κ1) is 25.0. The van der Waals surface area contributed by atoms with Crippen molar-refractivity contribution in [3.05, 3.63) is 0 Å². The summed E-state index contributed by atoms with van der Waals surface area (Å²) in [6.07, 6.45) is 9.68. The number of ketones is 2. The normalized spacial score (nSPS) is 26.1. The minimum Gasteiger partial charge on any atom is -0.393 e. The lowest BCUT2D eigenvalue weighted by molar-refractivity contribution is -0.137. The van der Waals surface area contributed by atoms with Crippen molar-refractivity contribution in [3.63, 3.8) is 0 Å². The van der Waals surface area contributed by atoms with Gasteiger partial charge in [0.05, 0.1) is 18.1 Å². The molecule has 1 amide bonds. The summed E-state index contributed by atoms with van der Waals surface area (Å²) in [4.78, 5) is 38.1. The first-order chi connectivity index (χ1) is 14.2. The average Bonchev–Trinajstić information content (AvgIpc) is 2.75. The predicted molar refractivity (Wildman–Crippen MR) is 118 cm³/mol. The lowest BCUT2D eigenvalue weighted by Crippen LogP contribution is -2.51. The van der Waals surface area contributed by atoms with Crippen molar-refractivity contribution in [2.24, 2.45) is 35.3 Å². The van der Waals surface area contributed by atoms with E-state index >= 15 is 0 Å². The van der Waals surface area contributed by atoms with E-state index in [4.69, 9.17) is 5.73 Å². The molecule has 0 unspecified atom stereocenters. The number of hydrogen-bond acceptors (Lipinski definition) is 5. The van der Waals surface area contributed by atoms with Gasteiger partial charge in [-0.2, -0.15) is 0 Å². The third-order valence-corrected chi connectivity index (χ3v) is 7.29. The van der Waals surface area contributed by atoms with Crippen molar-refractivity contribution in [3.8, 4) is 0 Å². The van der Waals surface area contributed by atoms with E-state index in [1.54, 1.807) is 13.8 Å². The van der Waals surface area contributed by atoms with Crippen LogP contribution in [0.3, 0.4) is 0 Å². The molecule has 0 radical (unpaired) electrons. The van der Waals surface area contributed by atoms with E-state index in [0.717, 1.165) is 25.2 Å². The first-order valence-electron chi connectivity index (χ1n) is 12.0. The van der Waals surface area contributed by atoms with Crippen molar-refractivity contribution in [1.82, 2.24) is 5.32 Å². The summed E-state index contributed by atoms with van der Waals surface area (Å²) in [5.41, 5.74) is 5.68. The Hall–Kier alpha value is -1.27. The summed E-state index contributed by atoms with van der Waals surface area (Å²) in [5, 5.41) is 12.9. The molecular weight excluding hydrogens is 380 g/mol. The van der Waals surface area contributed by atoms with Gasteiger partial charge in [0.2, 0.25) is 5.91 Å². The Labute approximate surface area is 181 Å². The predicted octanol–water partition coefficient (Wildman–Crippen LogP) is 3.00. The summed E-state index contributed by atoms with van der Waals surface area (Å²) >= 11 is 0. The van der Waals surface area contributed by atoms with Gasteiger partial charge in [-0.3, -0.25) is 14.4 Å². The molecule has 2 fully saturated rings. The first-order valence-corrected chi connectivity index (χ1v) is 12.0. The molecule has 5 atom stereocenters. The number of carbonyl (C=O) groups excluding carboxylic acids is 3. The fraction of sp³-hybridized carbons (Fsp3) is 0.875. The topological polar surface area (TPSA) is 109 Å². The van der Waals surface area contributed by atoms with Crippen LogP contribution in [-0.2, 0) is 14.4 Å². The number of aliphatic hydroxyl groups is 1. The van der Waals surface area contributed by atoms with Gasteiger partial charge in [0, 0.05) is 24.8 Å². The Bertz CT molecular complexity index is 584. The second-order valence-electron chi connectivity index (χ2n) is 9.89. The van der Waals surface area contributed by atoms with Crippen LogP contribution in [-0.4, -0.2) is 41.3 Å². The highest BCUT2D eigenvalue weighted by Crippen LogP contribution is 2.41. The van der Waals surface area contributed by atoms with Crippen molar-refractivity contribution in [2.45, 2.75) is 97.1 Å². The SMILES string of the molecule is CC(C)C(=O)[C@H](CN)NC(=O)[C@@H](CC(=O)[C@@H]1CCC[C@@H](C2CCCCC2)C1)[C@H](C)O.